The van der Waals surface area contributed by atoms with Crippen molar-refractivity contribution in [3.63, 3.8) is 0 Å². The van der Waals surface area contributed by atoms with Crippen LogP contribution in [0.3, 0.4) is 0 Å². The van der Waals surface area contributed by atoms with Crippen molar-refractivity contribution in [2.75, 3.05) is 0 Å². The van der Waals surface area contributed by atoms with E-state index in [0.717, 1.165) is 5.59 Å². The highest BCUT2D eigenvalue weighted by Crippen LogP contribution is 2.31. The van der Waals surface area contributed by atoms with E-state index in [4.69, 9.17) is 0 Å². The summed E-state index contributed by atoms with van der Waals surface area (Å²) in [5.41, 5.74) is 1.09. The van der Waals surface area contributed by atoms with Gasteiger partial charge in [-0.15, -0.1) is 0 Å². The van der Waals surface area contributed by atoms with Gasteiger partial charge in [-0.05, 0) is 11.7 Å². The molecule has 1 aromatic heterocycles. The van der Waals surface area contributed by atoms with Crippen LogP contribution in [0.4, 0.5) is 0 Å². The fraction of sp³-hybridized carbons (Fsp3) is 0.545. The molecule has 13 heavy (non-hydrogen) atoms. The van der Waals surface area contributed by atoms with Crippen LogP contribution in [-0.2, 0) is 0 Å². The third-order valence-corrected chi connectivity index (χ3v) is 2.80. The van der Waals surface area contributed by atoms with Crippen LogP contribution in [0.25, 0.3) is 0 Å². The number of aromatic nitrogens is 1. The summed E-state index contributed by atoms with van der Waals surface area (Å²) in [5.74, 6) is 0. The first-order chi connectivity index (χ1) is 6.20. The molecule has 0 saturated heterocycles. The van der Waals surface area contributed by atoms with Crippen LogP contribution in [0.1, 0.15) is 33.6 Å². The minimum atomic E-state index is 0.300. The van der Waals surface area contributed by atoms with Crippen LogP contribution in [0.2, 0.25) is 5.31 Å². The predicted molar refractivity (Wildman–Crippen MR) is 58.6 cm³/mol. The molecule has 0 unspecified atom stereocenters. The second-order valence-electron chi connectivity index (χ2n) is 3.76. The van der Waals surface area contributed by atoms with Crippen molar-refractivity contribution in [1.29, 1.82) is 0 Å². The molecule has 0 saturated carbocycles. The zero-order valence-corrected chi connectivity index (χ0v) is 8.75. The molecule has 0 aliphatic heterocycles. The molecule has 0 atom stereocenters. The van der Waals surface area contributed by atoms with E-state index in [0.29, 0.717) is 5.31 Å². The van der Waals surface area contributed by atoms with Crippen LogP contribution >= 0.6 is 0 Å². The predicted octanol–water partition coefficient (Wildman–Crippen LogP) is 2.41. The van der Waals surface area contributed by atoms with Gasteiger partial charge in [0.05, 0.1) is 0 Å². The maximum Gasteiger partial charge on any atom is 0.184 e. The van der Waals surface area contributed by atoms with Gasteiger partial charge in [-0.3, -0.25) is 4.98 Å². The lowest BCUT2D eigenvalue weighted by Crippen LogP contribution is -2.28. The van der Waals surface area contributed by atoms with Gasteiger partial charge in [0.1, 0.15) is 0 Å². The third-order valence-electron chi connectivity index (χ3n) is 2.80. The van der Waals surface area contributed by atoms with Crippen LogP contribution in [0, 0.1) is 0 Å². The lowest BCUT2D eigenvalue weighted by molar-refractivity contribution is 0.565. The van der Waals surface area contributed by atoms with Gasteiger partial charge in [-0.2, -0.15) is 0 Å². The highest BCUT2D eigenvalue weighted by atomic mass is 14.6. The largest absolute Gasteiger partial charge is 0.272 e. The van der Waals surface area contributed by atoms with Crippen LogP contribution < -0.4 is 5.59 Å². The van der Waals surface area contributed by atoms with Crippen molar-refractivity contribution in [2.45, 2.75) is 38.9 Å². The van der Waals surface area contributed by atoms with Gasteiger partial charge in [0.25, 0.3) is 0 Å². The van der Waals surface area contributed by atoms with Gasteiger partial charge in [0.2, 0.25) is 0 Å². The van der Waals surface area contributed by atoms with E-state index in [1.165, 1.54) is 12.8 Å². The Balaban J connectivity index is 2.68. The maximum absolute atomic E-state index is 4.30. The molecule has 0 fully saturated rings. The number of pyridine rings is 1. The zero-order chi connectivity index (χ0) is 9.73. The summed E-state index contributed by atoms with van der Waals surface area (Å²) in [6.45, 7) is 6.73. The molecule has 1 radical (unpaired) electrons. The Morgan fingerprint density at radius 1 is 1.31 bits per heavy atom. The Hall–Kier alpha value is -0.785. The van der Waals surface area contributed by atoms with Crippen molar-refractivity contribution in [1.82, 2.24) is 4.98 Å². The van der Waals surface area contributed by atoms with E-state index in [-0.39, 0.29) is 0 Å². The van der Waals surface area contributed by atoms with Gasteiger partial charge in [-0.25, -0.2) is 0 Å². The molecule has 1 rings (SSSR count). The molecule has 0 spiro atoms. The van der Waals surface area contributed by atoms with Crippen molar-refractivity contribution >= 4 is 12.9 Å². The van der Waals surface area contributed by atoms with Gasteiger partial charge in [0.15, 0.2) is 7.28 Å². The summed E-state index contributed by atoms with van der Waals surface area (Å²) in [7, 11) is 2.27. The van der Waals surface area contributed by atoms with Gasteiger partial charge in [0, 0.05) is 6.20 Å². The SMILES string of the molecule is CCC(C)([B]c1ccccn1)CC. The topological polar surface area (TPSA) is 12.9 Å². The van der Waals surface area contributed by atoms with Gasteiger partial charge < -0.3 is 0 Å². The van der Waals surface area contributed by atoms with Crippen molar-refractivity contribution in [2.24, 2.45) is 0 Å². The van der Waals surface area contributed by atoms with E-state index in [1.807, 2.05) is 18.3 Å². The molecule has 0 amide bonds. The van der Waals surface area contributed by atoms with Crippen molar-refractivity contribution in [3.8, 4) is 0 Å². The Morgan fingerprint density at radius 2 is 2.00 bits per heavy atom. The first-order valence-electron chi connectivity index (χ1n) is 4.97. The molecule has 1 nitrogen and oxygen atoms in total. The summed E-state index contributed by atoms with van der Waals surface area (Å²) in [5, 5.41) is 0.300. The summed E-state index contributed by atoms with van der Waals surface area (Å²) < 4.78 is 0. The summed E-state index contributed by atoms with van der Waals surface area (Å²) in [4.78, 5) is 4.30. The Bertz CT molecular complexity index is 242. The first kappa shape index (κ1) is 10.3. The Morgan fingerprint density at radius 3 is 2.46 bits per heavy atom. The number of nitrogens with zero attached hydrogens (tertiary/aromatic N) is 1. The molecule has 0 aliphatic rings. The minimum Gasteiger partial charge on any atom is -0.272 e. The zero-order valence-electron chi connectivity index (χ0n) is 8.75. The molecule has 0 N–H and O–H groups in total. The fourth-order valence-corrected chi connectivity index (χ4v) is 1.27. The van der Waals surface area contributed by atoms with Crippen LogP contribution in [0.15, 0.2) is 24.4 Å². The maximum atomic E-state index is 4.30. The first-order valence-corrected chi connectivity index (χ1v) is 4.97. The average molecular weight is 174 g/mol. The standard InChI is InChI=1S/C11H17BN/c1-4-11(3,5-2)12-10-8-6-7-9-13-10/h6-9H,4-5H2,1-3H3. The minimum absolute atomic E-state index is 0.300. The number of rotatable bonds is 4. The monoisotopic (exact) mass is 174 g/mol. The summed E-state index contributed by atoms with van der Waals surface area (Å²) in [6.07, 6.45) is 4.18. The Labute approximate surface area is 81.8 Å². The molecule has 69 valence electrons. The molecular formula is C11H17BN. The second-order valence-corrected chi connectivity index (χ2v) is 3.76. The second kappa shape index (κ2) is 4.45. The van der Waals surface area contributed by atoms with Gasteiger partial charge in [-0.1, -0.05) is 51.1 Å². The number of hydrogen-bond acceptors (Lipinski definition) is 1. The molecule has 1 aromatic rings. The normalized spacial score (nSPS) is 11.3. The highest BCUT2D eigenvalue weighted by molar-refractivity contribution is 6.55. The van der Waals surface area contributed by atoms with E-state index >= 15 is 0 Å². The smallest absolute Gasteiger partial charge is 0.184 e. The lowest BCUT2D eigenvalue weighted by atomic mass is 9.49. The van der Waals surface area contributed by atoms with Gasteiger partial charge >= 0.3 is 0 Å². The molecule has 0 aliphatic carbocycles. The summed E-state index contributed by atoms with van der Waals surface area (Å²) >= 11 is 0. The molecule has 1 heterocycles. The van der Waals surface area contributed by atoms with E-state index in [1.54, 1.807) is 0 Å². The molecule has 2 heteroatoms. The number of hydrogen-bond donors (Lipinski definition) is 0. The average Bonchev–Trinajstić information content (AvgIpc) is 2.19. The van der Waals surface area contributed by atoms with Crippen LogP contribution in [0.5, 0.6) is 0 Å². The van der Waals surface area contributed by atoms with Crippen molar-refractivity contribution < 1.29 is 0 Å². The lowest BCUT2D eigenvalue weighted by Gasteiger charge is -2.24. The summed E-state index contributed by atoms with van der Waals surface area (Å²) in [6, 6.07) is 6.04. The molecular weight excluding hydrogens is 157 g/mol. The third kappa shape index (κ3) is 2.87. The van der Waals surface area contributed by atoms with Crippen LogP contribution in [-0.4, -0.2) is 12.3 Å². The molecule has 0 aromatic carbocycles. The molecule has 0 bridgehead atoms. The quantitative estimate of drug-likeness (QED) is 0.638. The highest BCUT2D eigenvalue weighted by Gasteiger charge is 2.21. The van der Waals surface area contributed by atoms with E-state index in [2.05, 4.69) is 39.1 Å². The van der Waals surface area contributed by atoms with Crippen molar-refractivity contribution in [3.05, 3.63) is 24.4 Å². The fourth-order valence-electron chi connectivity index (χ4n) is 1.27. The van der Waals surface area contributed by atoms with E-state index in [9.17, 15) is 0 Å². The Kier molecular flexibility index (Phi) is 3.53. The van der Waals surface area contributed by atoms with E-state index < -0.39 is 0 Å².